The van der Waals surface area contributed by atoms with Crippen LogP contribution in [0.1, 0.15) is 16.1 Å². The van der Waals surface area contributed by atoms with Crippen molar-refractivity contribution >= 4 is 22.7 Å². The summed E-state index contributed by atoms with van der Waals surface area (Å²) >= 11 is 0. The van der Waals surface area contributed by atoms with Crippen LogP contribution < -0.4 is 4.90 Å². The van der Waals surface area contributed by atoms with Gasteiger partial charge in [-0.15, -0.1) is 0 Å². The molecule has 1 saturated heterocycles. The average Bonchev–Trinajstić information content (AvgIpc) is 2.68. The van der Waals surface area contributed by atoms with Crippen LogP contribution >= 0.6 is 0 Å². The monoisotopic (exact) mass is 331 g/mol. The maximum absolute atomic E-state index is 11.2. The Hall–Kier alpha value is -2.72. The first-order valence-electron chi connectivity index (χ1n) is 8.69. The van der Waals surface area contributed by atoms with Crippen LogP contribution in [0.25, 0.3) is 10.8 Å². The standard InChI is InChI=1S/C21H21N3O/c25-16-18-5-3-4-17-14-20(7-8-21(17)18)24-12-10-23(11-13-24)15-19-6-1-2-9-22-19/h1-9,14,16H,10-13,15H2. The number of hydrogen-bond donors (Lipinski definition) is 0. The molecule has 4 rings (SSSR count). The summed E-state index contributed by atoms with van der Waals surface area (Å²) in [6.07, 6.45) is 2.78. The molecule has 126 valence electrons. The van der Waals surface area contributed by atoms with Crippen LogP contribution in [-0.4, -0.2) is 42.3 Å². The molecule has 0 aliphatic carbocycles. The van der Waals surface area contributed by atoms with Crippen molar-refractivity contribution in [2.75, 3.05) is 31.1 Å². The number of carbonyl (C=O) groups excluding carboxylic acids is 1. The lowest BCUT2D eigenvalue weighted by atomic mass is 10.0. The summed E-state index contributed by atoms with van der Waals surface area (Å²) in [4.78, 5) is 20.5. The van der Waals surface area contributed by atoms with E-state index in [0.717, 1.165) is 61.0 Å². The fraction of sp³-hybridized carbons (Fsp3) is 0.238. The smallest absolute Gasteiger partial charge is 0.150 e. The molecule has 0 saturated carbocycles. The predicted molar refractivity (Wildman–Crippen MR) is 101 cm³/mol. The molecule has 1 aliphatic heterocycles. The first-order valence-corrected chi connectivity index (χ1v) is 8.69. The number of fused-ring (bicyclic) bond motifs is 1. The van der Waals surface area contributed by atoms with E-state index in [4.69, 9.17) is 0 Å². The third-order valence-electron chi connectivity index (χ3n) is 4.87. The minimum Gasteiger partial charge on any atom is -0.369 e. The van der Waals surface area contributed by atoms with E-state index in [9.17, 15) is 4.79 Å². The van der Waals surface area contributed by atoms with Gasteiger partial charge in [0.1, 0.15) is 0 Å². The maximum Gasteiger partial charge on any atom is 0.150 e. The van der Waals surface area contributed by atoms with Gasteiger partial charge in [0, 0.05) is 50.2 Å². The molecule has 2 aromatic carbocycles. The average molecular weight is 331 g/mol. The number of carbonyl (C=O) groups is 1. The summed E-state index contributed by atoms with van der Waals surface area (Å²) in [5.74, 6) is 0. The third-order valence-corrected chi connectivity index (χ3v) is 4.87. The molecule has 0 N–H and O–H groups in total. The van der Waals surface area contributed by atoms with Crippen LogP contribution in [0.4, 0.5) is 5.69 Å². The van der Waals surface area contributed by atoms with Crippen molar-refractivity contribution in [3.63, 3.8) is 0 Å². The van der Waals surface area contributed by atoms with Crippen molar-refractivity contribution in [2.45, 2.75) is 6.54 Å². The third kappa shape index (κ3) is 3.39. The van der Waals surface area contributed by atoms with Gasteiger partial charge in [0.05, 0.1) is 5.69 Å². The molecule has 0 unspecified atom stereocenters. The molecule has 1 fully saturated rings. The van der Waals surface area contributed by atoms with Gasteiger partial charge in [-0.05, 0) is 35.0 Å². The fourth-order valence-electron chi connectivity index (χ4n) is 3.48. The summed E-state index contributed by atoms with van der Waals surface area (Å²) in [5, 5.41) is 2.15. The molecule has 25 heavy (non-hydrogen) atoms. The second kappa shape index (κ2) is 7.03. The minimum absolute atomic E-state index is 0.754. The molecular formula is C21H21N3O. The van der Waals surface area contributed by atoms with Gasteiger partial charge in [-0.3, -0.25) is 14.7 Å². The highest BCUT2D eigenvalue weighted by Gasteiger charge is 2.18. The van der Waals surface area contributed by atoms with Gasteiger partial charge in [0.2, 0.25) is 0 Å². The summed E-state index contributed by atoms with van der Waals surface area (Å²) < 4.78 is 0. The number of nitrogens with zero attached hydrogens (tertiary/aromatic N) is 3. The van der Waals surface area contributed by atoms with Gasteiger partial charge in [-0.1, -0.05) is 30.3 Å². The van der Waals surface area contributed by atoms with Gasteiger partial charge in [0.25, 0.3) is 0 Å². The predicted octanol–water partition coefficient (Wildman–Crippen LogP) is 3.37. The first-order chi connectivity index (χ1) is 12.3. The SMILES string of the molecule is O=Cc1cccc2cc(N3CCN(Cc4ccccn4)CC3)ccc12. The Morgan fingerprint density at radius 2 is 1.84 bits per heavy atom. The topological polar surface area (TPSA) is 36.4 Å². The lowest BCUT2D eigenvalue weighted by Crippen LogP contribution is -2.46. The zero-order valence-electron chi connectivity index (χ0n) is 14.1. The molecule has 0 amide bonds. The Bertz CT molecular complexity index is 871. The molecule has 0 spiro atoms. The maximum atomic E-state index is 11.2. The van der Waals surface area contributed by atoms with E-state index in [-0.39, 0.29) is 0 Å². The highest BCUT2D eigenvalue weighted by molar-refractivity contribution is 5.99. The second-order valence-electron chi connectivity index (χ2n) is 6.45. The molecule has 0 atom stereocenters. The summed E-state index contributed by atoms with van der Waals surface area (Å²) in [6, 6.07) is 18.4. The summed E-state index contributed by atoms with van der Waals surface area (Å²) in [5.41, 5.74) is 3.11. The Labute approximate surface area is 147 Å². The number of piperazine rings is 1. The lowest BCUT2D eigenvalue weighted by Gasteiger charge is -2.36. The van der Waals surface area contributed by atoms with Gasteiger partial charge >= 0.3 is 0 Å². The van der Waals surface area contributed by atoms with E-state index in [1.807, 2.05) is 30.5 Å². The summed E-state index contributed by atoms with van der Waals surface area (Å²) in [6.45, 7) is 4.98. The molecule has 2 heterocycles. The highest BCUT2D eigenvalue weighted by atomic mass is 16.1. The Morgan fingerprint density at radius 1 is 0.960 bits per heavy atom. The zero-order chi connectivity index (χ0) is 17.1. The van der Waals surface area contributed by atoms with Crippen molar-refractivity contribution in [3.8, 4) is 0 Å². The molecule has 0 bridgehead atoms. The molecule has 3 aromatic rings. The molecule has 4 heteroatoms. The van der Waals surface area contributed by atoms with Crippen LogP contribution in [-0.2, 0) is 6.54 Å². The van der Waals surface area contributed by atoms with Crippen LogP contribution in [0.3, 0.4) is 0 Å². The number of aldehydes is 1. The fourth-order valence-corrected chi connectivity index (χ4v) is 3.48. The molecular weight excluding hydrogens is 310 g/mol. The van der Waals surface area contributed by atoms with Crippen molar-refractivity contribution in [1.29, 1.82) is 0 Å². The molecule has 0 radical (unpaired) electrons. The van der Waals surface area contributed by atoms with Gasteiger partial charge in [-0.25, -0.2) is 0 Å². The first kappa shape index (κ1) is 15.8. The Kier molecular flexibility index (Phi) is 4.44. The molecule has 1 aromatic heterocycles. The number of aromatic nitrogens is 1. The number of hydrogen-bond acceptors (Lipinski definition) is 4. The van der Waals surface area contributed by atoms with E-state index in [0.29, 0.717) is 0 Å². The van der Waals surface area contributed by atoms with Crippen LogP contribution in [0.5, 0.6) is 0 Å². The van der Waals surface area contributed by atoms with E-state index in [1.54, 1.807) is 0 Å². The van der Waals surface area contributed by atoms with Gasteiger partial charge in [-0.2, -0.15) is 0 Å². The zero-order valence-corrected chi connectivity index (χ0v) is 14.1. The molecule has 1 aliphatic rings. The van der Waals surface area contributed by atoms with E-state index in [1.165, 1.54) is 5.69 Å². The number of anilines is 1. The number of benzene rings is 2. The Balaban J connectivity index is 1.45. The quantitative estimate of drug-likeness (QED) is 0.687. The van der Waals surface area contributed by atoms with Gasteiger partial charge in [0.15, 0.2) is 6.29 Å². The Morgan fingerprint density at radius 3 is 2.60 bits per heavy atom. The largest absolute Gasteiger partial charge is 0.369 e. The van der Waals surface area contributed by atoms with Crippen LogP contribution in [0, 0.1) is 0 Å². The van der Waals surface area contributed by atoms with E-state index < -0.39 is 0 Å². The second-order valence-corrected chi connectivity index (χ2v) is 6.45. The number of pyridine rings is 1. The van der Waals surface area contributed by atoms with Crippen LogP contribution in [0.2, 0.25) is 0 Å². The summed E-state index contributed by atoms with van der Waals surface area (Å²) in [7, 11) is 0. The lowest BCUT2D eigenvalue weighted by molar-refractivity contribution is 0.112. The van der Waals surface area contributed by atoms with Crippen LogP contribution in [0.15, 0.2) is 60.8 Å². The van der Waals surface area contributed by atoms with Crippen molar-refractivity contribution in [3.05, 3.63) is 72.1 Å². The highest BCUT2D eigenvalue weighted by Crippen LogP contribution is 2.25. The number of rotatable bonds is 4. The van der Waals surface area contributed by atoms with Gasteiger partial charge < -0.3 is 4.90 Å². The van der Waals surface area contributed by atoms with E-state index in [2.05, 4.69) is 45.1 Å². The molecule has 4 nitrogen and oxygen atoms in total. The van der Waals surface area contributed by atoms with Crippen molar-refractivity contribution in [2.24, 2.45) is 0 Å². The van der Waals surface area contributed by atoms with E-state index >= 15 is 0 Å². The minimum atomic E-state index is 0.754. The van der Waals surface area contributed by atoms with Crippen molar-refractivity contribution < 1.29 is 4.79 Å². The normalized spacial score (nSPS) is 15.4. The van der Waals surface area contributed by atoms with Crippen molar-refractivity contribution in [1.82, 2.24) is 9.88 Å².